The van der Waals surface area contributed by atoms with E-state index in [1.165, 1.54) is 24.3 Å². The maximum Gasteiger partial charge on any atom is 0.259 e. The maximum atomic E-state index is 14.7. The van der Waals surface area contributed by atoms with Crippen molar-refractivity contribution in [3.63, 3.8) is 0 Å². The quantitative estimate of drug-likeness (QED) is 0.421. The van der Waals surface area contributed by atoms with Crippen molar-refractivity contribution in [2.75, 3.05) is 13.7 Å². The summed E-state index contributed by atoms with van der Waals surface area (Å²) in [6.07, 6.45) is 9.77. The Bertz CT molecular complexity index is 1700. The number of halogens is 1. The molecule has 0 spiro atoms. The number of fused-ring (bicyclic) bond motifs is 3. The third-order valence-corrected chi connectivity index (χ3v) is 11.9. The number of allylic oxidation sites excluding steroid dienone is 1. The Balaban J connectivity index is 1.29. The molecule has 2 saturated carbocycles. The van der Waals surface area contributed by atoms with Crippen LogP contribution in [0.3, 0.4) is 0 Å². The molecule has 1 aromatic heterocycles. The predicted octanol–water partition coefficient (Wildman–Crippen LogP) is 4.01. The zero-order valence-electron chi connectivity index (χ0n) is 27.0. The molecule has 6 atom stereocenters. The van der Waals surface area contributed by atoms with Crippen LogP contribution in [0.1, 0.15) is 71.6 Å². The highest BCUT2D eigenvalue weighted by Gasteiger charge is 2.62. The largest absolute Gasteiger partial charge is 0.494 e. The number of carbonyl (C=O) groups is 3. The predicted molar refractivity (Wildman–Crippen MR) is 172 cm³/mol. The van der Waals surface area contributed by atoms with Crippen molar-refractivity contribution < 1.29 is 36.7 Å². The number of rotatable bonds is 7. The average Bonchev–Trinajstić information content (AvgIpc) is 3.95. The van der Waals surface area contributed by atoms with E-state index < -0.39 is 50.6 Å². The molecule has 3 amide bonds. The minimum absolute atomic E-state index is 0.0830. The van der Waals surface area contributed by atoms with Gasteiger partial charge in [0.2, 0.25) is 27.7 Å². The topological polar surface area (TPSA) is 144 Å². The van der Waals surface area contributed by atoms with E-state index in [0.29, 0.717) is 29.5 Å². The first-order chi connectivity index (χ1) is 22.4. The van der Waals surface area contributed by atoms with Crippen LogP contribution in [0.4, 0.5) is 4.39 Å². The van der Waals surface area contributed by atoms with E-state index in [0.717, 1.165) is 25.7 Å². The number of nitrogens with one attached hydrogen (secondary N) is 2. The number of sulfonamides is 1. The third kappa shape index (κ3) is 6.95. The van der Waals surface area contributed by atoms with Crippen molar-refractivity contribution in [2.24, 2.45) is 17.8 Å². The van der Waals surface area contributed by atoms with Gasteiger partial charge in [-0.3, -0.25) is 19.1 Å². The highest BCUT2D eigenvalue weighted by atomic mass is 32.2. The molecular weight excluding hydrogens is 627 g/mol. The van der Waals surface area contributed by atoms with Gasteiger partial charge >= 0.3 is 0 Å². The molecule has 254 valence electrons. The minimum Gasteiger partial charge on any atom is -0.494 e. The summed E-state index contributed by atoms with van der Waals surface area (Å²) in [5.74, 6) is -1.70. The molecule has 0 bridgehead atoms. The van der Waals surface area contributed by atoms with Gasteiger partial charge in [-0.2, -0.15) is 0 Å². The molecule has 1 saturated heterocycles. The molecule has 3 heterocycles. The van der Waals surface area contributed by atoms with Gasteiger partial charge in [0.15, 0.2) is 11.6 Å². The number of carbonyl (C=O) groups excluding carboxylic acids is 3. The fourth-order valence-electron chi connectivity index (χ4n) is 7.02. The third-order valence-electron chi connectivity index (χ3n) is 10.1. The summed E-state index contributed by atoms with van der Waals surface area (Å²) >= 11 is 0. The van der Waals surface area contributed by atoms with Crippen LogP contribution in [0.15, 0.2) is 36.5 Å². The molecule has 4 aliphatic rings. The van der Waals surface area contributed by atoms with E-state index in [-0.39, 0.29) is 55.2 Å². The molecule has 1 aromatic carbocycles. The molecule has 0 radical (unpaired) electrons. The number of ether oxygens (including phenoxy) is 2. The van der Waals surface area contributed by atoms with Crippen LogP contribution >= 0.6 is 0 Å². The number of aromatic nitrogens is 1. The van der Waals surface area contributed by atoms with Crippen molar-refractivity contribution in [3.8, 4) is 11.6 Å². The number of hydrogen-bond donors (Lipinski definition) is 2. The lowest BCUT2D eigenvalue weighted by Gasteiger charge is -2.28. The molecule has 47 heavy (non-hydrogen) atoms. The summed E-state index contributed by atoms with van der Waals surface area (Å²) in [6.45, 7) is 4.32. The smallest absolute Gasteiger partial charge is 0.259 e. The van der Waals surface area contributed by atoms with Gasteiger partial charge in [0.1, 0.15) is 17.7 Å². The summed E-state index contributed by atoms with van der Waals surface area (Å²) in [4.78, 5) is 47.4. The first-order valence-electron chi connectivity index (χ1n) is 16.6. The lowest BCUT2D eigenvalue weighted by molar-refractivity contribution is -0.140. The van der Waals surface area contributed by atoms with Crippen LogP contribution in [0, 0.1) is 23.6 Å². The molecule has 13 heteroatoms. The lowest BCUT2D eigenvalue weighted by Crippen LogP contribution is -2.56. The second-order valence-corrected chi connectivity index (χ2v) is 15.6. The Labute approximate surface area is 274 Å². The number of hydrogen-bond acceptors (Lipinski definition) is 8. The molecular formula is C34H43FN4O7S. The number of methoxy groups -OCH3 is 1. The maximum absolute atomic E-state index is 14.7. The second kappa shape index (κ2) is 13.0. The van der Waals surface area contributed by atoms with Crippen molar-refractivity contribution in [3.05, 3.63) is 42.4 Å². The van der Waals surface area contributed by atoms with Gasteiger partial charge in [-0.25, -0.2) is 17.8 Å². The average molecular weight is 671 g/mol. The lowest BCUT2D eigenvalue weighted by atomic mass is 9.88. The van der Waals surface area contributed by atoms with E-state index in [2.05, 4.69) is 28.9 Å². The van der Waals surface area contributed by atoms with Crippen molar-refractivity contribution in [2.45, 2.75) is 94.6 Å². The molecule has 2 aromatic rings. The van der Waals surface area contributed by atoms with Crippen molar-refractivity contribution >= 4 is 38.5 Å². The van der Waals surface area contributed by atoms with E-state index in [1.807, 2.05) is 12.2 Å². The van der Waals surface area contributed by atoms with E-state index in [9.17, 15) is 27.2 Å². The zero-order chi connectivity index (χ0) is 33.5. The van der Waals surface area contributed by atoms with Gasteiger partial charge in [-0.15, -0.1) is 0 Å². The monoisotopic (exact) mass is 670 g/mol. The van der Waals surface area contributed by atoms with E-state index in [4.69, 9.17) is 9.47 Å². The van der Waals surface area contributed by atoms with Gasteiger partial charge in [0.25, 0.3) is 5.91 Å². The highest BCUT2D eigenvalue weighted by Crippen LogP contribution is 2.46. The summed E-state index contributed by atoms with van der Waals surface area (Å²) in [7, 11) is -2.46. The van der Waals surface area contributed by atoms with Gasteiger partial charge < -0.3 is 19.7 Å². The molecule has 2 aliphatic carbocycles. The van der Waals surface area contributed by atoms with Crippen LogP contribution in [0.2, 0.25) is 0 Å². The zero-order valence-corrected chi connectivity index (χ0v) is 27.9. The van der Waals surface area contributed by atoms with Gasteiger partial charge in [-0.05, 0) is 73.9 Å². The van der Waals surface area contributed by atoms with Crippen LogP contribution in [-0.2, 0) is 24.4 Å². The van der Waals surface area contributed by atoms with Crippen LogP contribution < -0.4 is 19.5 Å². The number of pyridine rings is 1. The van der Waals surface area contributed by atoms with Crippen LogP contribution in [-0.4, -0.2) is 72.6 Å². The summed E-state index contributed by atoms with van der Waals surface area (Å²) in [5.41, 5.74) is -1.44. The Morgan fingerprint density at radius 1 is 1.21 bits per heavy atom. The fourth-order valence-corrected chi connectivity index (χ4v) is 8.38. The summed E-state index contributed by atoms with van der Waals surface area (Å²) in [6, 6.07) is 3.58. The number of benzene rings is 1. The number of amides is 3. The Kier molecular flexibility index (Phi) is 9.21. The molecule has 0 unspecified atom stereocenters. The summed E-state index contributed by atoms with van der Waals surface area (Å²) < 4.78 is 53.7. The van der Waals surface area contributed by atoms with Gasteiger partial charge in [-0.1, -0.05) is 32.4 Å². The minimum atomic E-state index is -3.84. The van der Waals surface area contributed by atoms with E-state index in [1.54, 1.807) is 12.1 Å². The van der Waals surface area contributed by atoms with Crippen molar-refractivity contribution in [1.82, 2.24) is 19.9 Å². The second-order valence-electron chi connectivity index (χ2n) is 13.6. The van der Waals surface area contributed by atoms with Crippen molar-refractivity contribution in [1.29, 1.82) is 0 Å². The first kappa shape index (κ1) is 33.2. The van der Waals surface area contributed by atoms with Crippen LogP contribution in [0.5, 0.6) is 11.6 Å². The Morgan fingerprint density at radius 2 is 2.00 bits per heavy atom. The summed E-state index contributed by atoms with van der Waals surface area (Å²) in [5, 5.41) is 3.36. The number of nitrogens with zero attached hydrogens (tertiary/aromatic N) is 2. The molecule has 3 fully saturated rings. The first-order valence-corrected chi connectivity index (χ1v) is 18.1. The molecule has 11 nitrogen and oxygen atoms in total. The highest BCUT2D eigenvalue weighted by molar-refractivity contribution is 7.91. The normalized spacial score (nSPS) is 30.7. The molecule has 2 aliphatic heterocycles. The molecule has 6 rings (SSSR count). The van der Waals surface area contributed by atoms with Gasteiger partial charge in [0.05, 0.1) is 18.9 Å². The van der Waals surface area contributed by atoms with Crippen LogP contribution in [0.25, 0.3) is 10.8 Å². The Hall–Kier alpha value is -3.74. The fraction of sp³-hybridized carbons (Fsp3) is 0.588. The Morgan fingerprint density at radius 3 is 2.72 bits per heavy atom. The SMILES string of the molecule is CC[C@H]1CC(=O)N2C[C@H](Oc3nccc4cc(OC)c(F)cc34)C[C@H]2C(=O)N[C@]2(C(=O)NS(=O)(=O)C3CC3)C[C@H]2/C=C\CC[C@H](C)C1. The standard InChI is InChI=1S/C34H43FN4O7S/c1-4-21-13-20(2)7-5-6-8-23-18-34(23,33(42)38-47(43,44)25-9-10-25)37-31(41)28-16-24(19-39(28)30(40)14-21)46-32-26-17-27(35)29(45-3)15-22(26)11-12-36-32/h6,8,11-12,15,17,20-21,23-25,28H,4-5,7,9-10,13-14,16,18-19H2,1-3H3,(H,37,41)(H,38,42)/b8-6-/t20-,21+,23+,24+,28-,34+/m0/s1. The van der Waals surface area contributed by atoms with E-state index >= 15 is 0 Å². The molecule has 2 N–H and O–H groups in total. The van der Waals surface area contributed by atoms with Gasteiger partial charge in [0, 0.05) is 30.3 Å².